The van der Waals surface area contributed by atoms with Gasteiger partial charge in [-0.2, -0.15) is 0 Å². The van der Waals surface area contributed by atoms with Gasteiger partial charge in [0.15, 0.2) is 6.20 Å². The summed E-state index contributed by atoms with van der Waals surface area (Å²) < 4.78 is 1.40. The fourth-order valence-corrected chi connectivity index (χ4v) is 0.857. The van der Waals surface area contributed by atoms with Crippen LogP contribution < -0.4 is 9.82 Å². The predicted molar refractivity (Wildman–Crippen MR) is 41.1 cm³/mol. The van der Waals surface area contributed by atoms with Gasteiger partial charge in [-0.05, 0) is 0 Å². The molecule has 2 N–H and O–H groups in total. The summed E-state index contributed by atoms with van der Waals surface area (Å²) in [6, 6.07) is 3.21. The van der Waals surface area contributed by atoms with Crippen LogP contribution >= 0.6 is 11.8 Å². The molecule has 0 saturated heterocycles. The van der Waals surface area contributed by atoms with Crippen molar-refractivity contribution in [3.63, 3.8) is 0 Å². The van der Waals surface area contributed by atoms with E-state index in [-0.39, 0.29) is 0 Å². The van der Waals surface area contributed by atoms with Crippen molar-refractivity contribution < 1.29 is 8.88 Å². The number of hydrogen-bond donors (Lipinski definition) is 1. The molecule has 1 amide bonds. The standard InChI is InChI=1S/C7H7ClN2O/c1-5-4-6(7(9)11)2-3-10(5)8/h2-4H,1H3,(H-,9,11)/p+1. The van der Waals surface area contributed by atoms with Crippen LogP contribution in [-0.2, 0) is 0 Å². The van der Waals surface area contributed by atoms with Crippen molar-refractivity contribution >= 4 is 17.7 Å². The summed E-state index contributed by atoms with van der Waals surface area (Å²) in [5.74, 6) is -0.439. The van der Waals surface area contributed by atoms with Crippen LogP contribution in [0.3, 0.4) is 0 Å². The second kappa shape index (κ2) is 2.88. The zero-order valence-corrected chi connectivity index (χ0v) is 6.80. The van der Waals surface area contributed by atoms with E-state index < -0.39 is 5.91 Å². The summed E-state index contributed by atoms with van der Waals surface area (Å²) >= 11 is 5.65. The minimum Gasteiger partial charge on any atom is -0.366 e. The number of pyridine rings is 1. The van der Waals surface area contributed by atoms with Crippen LogP contribution in [0.2, 0.25) is 0 Å². The Balaban J connectivity index is 3.15. The molecule has 0 unspecified atom stereocenters. The first-order valence-corrected chi connectivity index (χ1v) is 3.43. The molecule has 1 aromatic rings. The Morgan fingerprint density at radius 1 is 1.73 bits per heavy atom. The molecule has 0 aromatic carbocycles. The molecule has 0 aliphatic rings. The monoisotopic (exact) mass is 171 g/mol. The molecule has 0 saturated carbocycles. The second-order valence-electron chi connectivity index (χ2n) is 2.23. The van der Waals surface area contributed by atoms with E-state index in [1.807, 2.05) is 0 Å². The second-order valence-corrected chi connectivity index (χ2v) is 2.60. The third-order valence-electron chi connectivity index (χ3n) is 1.37. The number of carbonyl (C=O) groups excluding carboxylic acids is 1. The molecule has 0 aliphatic carbocycles. The summed E-state index contributed by atoms with van der Waals surface area (Å²) in [5, 5.41) is 0. The zero-order valence-electron chi connectivity index (χ0n) is 6.04. The molecule has 1 aromatic heterocycles. The predicted octanol–water partition coefficient (Wildman–Crippen LogP) is 0.383. The Labute approximate surface area is 69.5 Å². The van der Waals surface area contributed by atoms with Gasteiger partial charge in [0.2, 0.25) is 11.6 Å². The molecular formula is C7H8ClN2O+. The Morgan fingerprint density at radius 3 is 2.82 bits per heavy atom. The van der Waals surface area contributed by atoms with E-state index in [0.717, 1.165) is 5.69 Å². The molecule has 1 heterocycles. The van der Waals surface area contributed by atoms with E-state index in [1.165, 1.54) is 4.09 Å². The molecule has 0 fully saturated rings. The van der Waals surface area contributed by atoms with Gasteiger partial charge in [-0.1, -0.05) is 4.09 Å². The highest BCUT2D eigenvalue weighted by Gasteiger charge is 2.07. The van der Waals surface area contributed by atoms with Crippen molar-refractivity contribution in [2.75, 3.05) is 0 Å². The van der Waals surface area contributed by atoms with Crippen LogP contribution in [0.1, 0.15) is 16.1 Å². The first-order chi connectivity index (χ1) is 5.11. The Bertz CT molecular complexity index is 298. The Kier molecular flexibility index (Phi) is 2.10. The summed E-state index contributed by atoms with van der Waals surface area (Å²) in [5.41, 5.74) is 6.29. The van der Waals surface area contributed by atoms with Gasteiger partial charge in [0, 0.05) is 19.1 Å². The quantitative estimate of drug-likeness (QED) is 0.653. The van der Waals surface area contributed by atoms with E-state index in [2.05, 4.69) is 0 Å². The average Bonchev–Trinajstić information content (AvgIpc) is 1.94. The van der Waals surface area contributed by atoms with Crippen LogP contribution in [0.5, 0.6) is 0 Å². The Hall–Kier alpha value is -1.09. The smallest absolute Gasteiger partial charge is 0.268 e. The van der Waals surface area contributed by atoms with Gasteiger partial charge in [0.1, 0.15) is 0 Å². The molecule has 0 aliphatic heterocycles. The fourth-order valence-electron chi connectivity index (χ4n) is 0.751. The first-order valence-electron chi connectivity index (χ1n) is 3.09. The van der Waals surface area contributed by atoms with E-state index in [1.54, 1.807) is 25.3 Å². The maximum Gasteiger partial charge on any atom is 0.268 e. The fraction of sp³-hybridized carbons (Fsp3) is 0.143. The van der Waals surface area contributed by atoms with E-state index in [4.69, 9.17) is 17.5 Å². The summed E-state index contributed by atoms with van der Waals surface area (Å²) in [7, 11) is 0. The van der Waals surface area contributed by atoms with Crippen LogP contribution in [0, 0.1) is 6.92 Å². The lowest BCUT2D eigenvalue weighted by atomic mass is 10.2. The average molecular weight is 172 g/mol. The lowest BCUT2D eigenvalue weighted by Gasteiger charge is -1.92. The lowest BCUT2D eigenvalue weighted by Crippen LogP contribution is -2.25. The van der Waals surface area contributed by atoms with Crippen LogP contribution in [-0.4, -0.2) is 5.91 Å². The highest BCUT2D eigenvalue weighted by Crippen LogP contribution is 1.97. The highest BCUT2D eigenvalue weighted by molar-refractivity contribution is 6.04. The largest absolute Gasteiger partial charge is 0.366 e. The van der Waals surface area contributed by atoms with Gasteiger partial charge >= 0.3 is 0 Å². The summed E-state index contributed by atoms with van der Waals surface area (Å²) in [6.07, 6.45) is 1.58. The molecule has 3 nitrogen and oxygen atoms in total. The van der Waals surface area contributed by atoms with Gasteiger partial charge in [0.25, 0.3) is 11.8 Å². The molecular weight excluding hydrogens is 164 g/mol. The highest BCUT2D eigenvalue weighted by atomic mass is 35.5. The van der Waals surface area contributed by atoms with Crippen molar-refractivity contribution in [1.29, 1.82) is 0 Å². The van der Waals surface area contributed by atoms with Gasteiger partial charge in [-0.25, -0.2) is 0 Å². The van der Waals surface area contributed by atoms with Crippen LogP contribution in [0.25, 0.3) is 0 Å². The number of amides is 1. The number of aromatic nitrogens is 1. The van der Waals surface area contributed by atoms with Gasteiger partial charge in [0.05, 0.1) is 5.56 Å². The molecule has 11 heavy (non-hydrogen) atoms. The lowest BCUT2D eigenvalue weighted by molar-refractivity contribution is -0.527. The first kappa shape index (κ1) is 8.01. The zero-order chi connectivity index (χ0) is 8.43. The van der Waals surface area contributed by atoms with Crippen molar-refractivity contribution in [3.05, 3.63) is 29.6 Å². The molecule has 4 heteroatoms. The van der Waals surface area contributed by atoms with Gasteiger partial charge in [-0.3, -0.25) is 4.79 Å². The maximum atomic E-state index is 10.6. The molecule has 0 bridgehead atoms. The number of nitrogens with zero attached hydrogens (tertiary/aromatic N) is 1. The maximum absolute atomic E-state index is 10.6. The number of halogens is 1. The summed E-state index contributed by atoms with van der Waals surface area (Å²) in [4.78, 5) is 10.6. The minimum absolute atomic E-state index is 0.439. The summed E-state index contributed by atoms with van der Waals surface area (Å²) in [6.45, 7) is 1.79. The minimum atomic E-state index is -0.439. The van der Waals surface area contributed by atoms with E-state index >= 15 is 0 Å². The number of nitrogens with two attached hydrogens (primary N) is 1. The normalized spacial score (nSPS) is 9.64. The van der Waals surface area contributed by atoms with Gasteiger partial charge < -0.3 is 5.73 Å². The van der Waals surface area contributed by atoms with Crippen molar-refractivity contribution in [2.24, 2.45) is 5.73 Å². The van der Waals surface area contributed by atoms with Crippen molar-refractivity contribution in [3.8, 4) is 0 Å². The molecule has 0 atom stereocenters. The number of rotatable bonds is 1. The Morgan fingerprint density at radius 2 is 2.36 bits per heavy atom. The van der Waals surface area contributed by atoms with Crippen LogP contribution in [0.4, 0.5) is 0 Å². The number of hydrogen-bond acceptors (Lipinski definition) is 1. The topological polar surface area (TPSA) is 47.0 Å². The van der Waals surface area contributed by atoms with E-state index in [9.17, 15) is 4.79 Å². The van der Waals surface area contributed by atoms with Gasteiger partial charge in [-0.15, -0.1) is 0 Å². The molecule has 58 valence electrons. The number of aryl methyl sites for hydroxylation is 1. The van der Waals surface area contributed by atoms with Crippen LogP contribution in [0.15, 0.2) is 18.3 Å². The number of primary amides is 1. The SMILES string of the molecule is Cc1cc(C(N)=O)cc[n+]1Cl. The molecule has 1 rings (SSSR count). The molecule has 0 radical (unpaired) electrons. The van der Waals surface area contributed by atoms with E-state index in [0.29, 0.717) is 5.56 Å². The number of carbonyl (C=O) groups is 1. The third kappa shape index (κ3) is 1.68. The van der Waals surface area contributed by atoms with Crippen molar-refractivity contribution in [1.82, 2.24) is 0 Å². The van der Waals surface area contributed by atoms with Crippen molar-refractivity contribution in [2.45, 2.75) is 6.92 Å². The molecule has 0 spiro atoms. The third-order valence-corrected chi connectivity index (χ3v) is 1.75.